The second-order valence-corrected chi connectivity index (χ2v) is 5.26. The van der Waals surface area contributed by atoms with Crippen molar-refractivity contribution < 1.29 is 13.9 Å². The minimum Gasteiger partial charge on any atom is -0.359 e. The predicted molar refractivity (Wildman–Crippen MR) is 79.0 cm³/mol. The van der Waals surface area contributed by atoms with Crippen LogP contribution in [0.4, 0.5) is 4.39 Å². The van der Waals surface area contributed by atoms with Crippen molar-refractivity contribution in [3.05, 3.63) is 71.8 Å². The van der Waals surface area contributed by atoms with Gasteiger partial charge in [0.1, 0.15) is 6.17 Å². The number of carbonyl (C=O) groups is 1. The number of rotatable bonds is 3. The van der Waals surface area contributed by atoms with E-state index in [1.807, 2.05) is 12.1 Å². The number of hydrogen-bond donors (Lipinski definition) is 0. The molecule has 1 fully saturated rings. The molecule has 1 heterocycles. The molecule has 108 valence electrons. The topological polar surface area (TPSA) is 26.3 Å². The van der Waals surface area contributed by atoms with Crippen molar-refractivity contribution in [3.8, 4) is 0 Å². The Morgan fingerprint density at radius 2 is 1.67 bits per heavy atom. The lowest BCUT2D eigenvalue weighted by Crippen LogP contribution is -2.50. The summed E-state index contributed by atoms with van der Waals surface area (Å²) in [5.74, 6) is -0.304. The third kappa shape index (κ3) is 2.38. The largest absolute Gasteiger partial charge is 0.359 e. The van der Waals surface area contributed by atoms with E-state index in [1.54, 1.807) is 48.5 Å². The molecule has 0 spiro atoms. The van der Waals surface area contributed by atoms with Crippen molar-refractivity contribution in [2.24, 2.45) is 0 Å². The van der Waals surface area contributed by atoms with Gasteiger partial charge in [-0.05, 0) is 18.4 Å². The Balaban J connectivity index is 2.11. The molecule has 0 amide bonds. The van der Waals surface area contributed by atoms with Crippen molar-refractivity contribution in [2.45, 2.75) is 24.6 Å². The van der Waals surface area contributed by atoms with Gasteiger partial charge >= 0.3 is 0 Å². The summed E-state index contributed by atoms with van der Waals surface area (Å²) in [6.45, 7) is 0.397. The van der Waals surface area contributed by atoms with Crippen LogP contribution in [-0.2, 0) is 10.3 Å². The van der Waals surface area contributed by atoms with E-state index in [-0.39, 0.29) is 5.78 Å². The summed E-state index contributed by atoms with van der Waals surface area (Å²) in [4.78, 5) is 13.0. The standard InChI is InChI=1S/C18H17FO2/c19-16-12-7-13-21-18(16,15-10-5-2-6-11-15)17(20)14-8-3-1-4-9-14/h1-6,8-11,16H,7,12-13H2/t16-,18+/m0/s1. The molecule has 2 aromatic rings. The minimum absolute atomic E-state index is 0.304. The highest BCUT2D eigenvalue weighted by molar-refractivity contribution is 6.03. The normalized spacial score (nSPS) is 25.5. The molecular formula is C18H17FO2. The van der Waals surface area contributed by atoms with Gasteiger partial charge in [-0.15, -0.1) is 0 Å². The van der Waals surface area contributed by atoms with Gasteiger partial charge in [0.2, 0.25) is 5.78 Å². The number of ketones is 1. The van der Waals surface area contributed by atoms with Crippen LogP contribution in [0.3, 0.4) is 0 Å². The third-order valence-electron chi connectivity index (χ3n) is 3.95. The van der Waals surface area contributed by atoms with E-state index in [1.165, 1.54) is 0 Å². The first-order valence-corrected chi connectivity index (χ1v) is 7.18. The molecule has 2 nitrogen and oxygen atoms in total. The lowest BCUT2D eigenvalue weighted by molar-refractivity contribution is -0.104. The molecule has 0 aliphatic carbocycles. The third-order valence-corrected chi connectivity index (χ3v) is 3.95. The van der Waals surface area contributed by atoms with E-state index in [9.17, 15) is 9.18 Å². The fraction of sp³-hybridized carbons (Fsp3) is 0.278. The van der Waals surface area contributed by atoms with Crippen LogP contribution < -0.4 is 0 Å². The zero-order valence-corrected chi connectivity index (χ0v) is 11.7. The molecule has 1 aliphatic rings. The summed E-state index contributed by atoms with van der Waals surface area (Å²) in [6.07, 6.45) is -0.355. The van der Waals surface area contributed by atoms with Gasteiger partial charge in [0.15, 0.2) is 5.60 Å². The average Bonchev–Trinajstić information content (AvgIpc) is 2.56. The number of benzene rings is 2. The zero-order valence-electron chi connectivity index (χ0n) is 11.7. The van der Waals surface area contributed by atoms with Crippen LogP contribution in [-0.4, -0.2) is 18.6 Å². The maximum absolute atomic E-state index is 14.8. The average molecular weight is 284 g/mol. The Hall–Kier alpha value is -2.00. The highest BCUT2D eigenvalue weighted by Gasteiger charge is 2.50. The van der Waals surface area contributed by atoms with Crippen molar-refractivity contribution in [3.63, 3.8) is 0 Å². The van der Waals surface area contributed by atoms with Crippen LogP contribution >= 0.6 is 0 Å². The molecule has 1 aliphatic heterocycles. The van der Waals surface area contributed by atoms with Crippen LogP contribution in [0, 0.1) is 0 Å². The Morgan fingerprint density at radius 1 is 1.05 bits per heavy atom. The van der Waals surface area contributed by atoms with Crippen molar-refractivity contribution >= 4 is 5.78 Å². The quantitative estimate of drug-likeness (QED) is 0.799. The van der Waals surface area contributed by atoms with E-state index in [0.717, 1.165) is 0 Å². The molecule has 1 saturated heterocycles. The molecule has 0 aromatic heterocycles. The summed E-state index contributed by atoms with van der Waals surface area (Å²) in [5.41, 5.74) is -0.446. The number of carbonyl (C=O) groups excluding carboxylic acids is 1. The van der Waals surface area contributed by atoms with E-state index < -0.39 is 11.8 Å². The van der Waals surface area contributed by atoms with E-state index >= 15 is 0 Å². The van der Waals surface area contributed by atoms with Gasteiger partial charge in [0.05, 0.1) is 0 Å². The van der Waals surface area contributed by atoms with Gasteiger partial charge in [0, 0.05) is 12.2 Å². The predicted octanol–water partition coefficient (Wildman–Crippen LogP) is 3.91. The maximum atomic E-state index is 14.8. The minimum atomic E-state index is -1.51. The molecule has 0 unspecified atom stereocenters. The fourth-order valence-corrected chi connectivity index (χ4v) is 2.88. The van der Waals surface area contributed by atoms with Gasteiger partial charge in [0.25, 0.3) is 0 Å². The van der Waals surface area contributed by atoms with E-state index in [2.05, 4.69) is 0 Å². The number of hydrogen-bond acceptors (Lipinski definition) is 2. The Labute approximate surface area is 123 Å². The van der Waals surface area contributed by atoms with Gasteiger partial charge in [-0.1, -0.05) is 60.7 Å². The molecule has 2 aromatic carbocycles. The molecule has 21 heavy (non-hydrogen) atoms. The molecule has 0 bridgehead atoms. The highest BCUT2D eigenvalue weighted by Crippen LogP contribution is 2.40. The summed E-state index contributed by atoms with van der Waals surface area (Å²) < 4.78 is 20.5. The van der Waals surface area contributed by atoms with E-state index in [4.69, 9.17) is 4.74 Å². The van der Waals surface area contributed by atoms with Crippen LogP contribution in [0.25, 0.3) is 0 Å². The van der Waals surface area contributed by atoms with Gasteiger partial charge in [-0.2, -0.15) is 0 Å². The Kier molecular flexibility index (Phi) is 3.84. The number of alkyl halides is 1. The number of halogens is 1. The highest BCUT2D eigenvalue weighted by atomic mass is 19.1. The summed E-state index contributed by atoms with van der Waals surface area (Å²) >= 11 is 0. The first kappa shape index (κ1) is 14.0. The van der Waals surface area contributed by atoms with E-state index in [0.29, 0.717) is 30.6 Å². The number of Topliss-reactive ketones (excluding diaryl/α,β-unsaturated/α-hetero) is 1. The SMILES string of the molecule is O=C(c1ccccc1)[C@]1(c2ccccc2)OCCC[C@@H]1F. The molecule has 2 atom stereocenters. The fourth-order valence-electron chi connectivity index (χ4n) is 2.88. The molecule has 3 heteroatoms. The smallest absolute Gasteiger partial charge is 0.202 e. The van der Waals surface area contributed by atoms with Crippen LogP contribution in [0.2, 0.25) is 0 Å². The molecule has 3 rings (SSSR count). The Bertz CT molecular complexity index is 612. The van der Waals surface area contributed by atoms with Crippen molar-refractivity contribution in [1.82, 2.24) is 0 Å². The second-order valence-electron chi connectivity index (χ2n) is 5.26. The van der Waals surface area contributed by atoms with Gasteiger partial charge < -0.3 is 4.74 Å². The van der Waals surface area contributed by atoms with Crippen molar-refractivity contribution in [2.75, 3.05) is 6.61 Å². The molecule has 0 radical (unpaired) electrons. The monoisotopic (exact) mass is 284 g/mol. The lowest BCUT2D eigenvalue weighted by Gasteiger charge is -2.39. The summed E-state index contributed by atoms with van der Waals surface area (Å²) in [7, 11) is 0. The van der Waals surface area contributed by atoms with Gasteiger partial charge in [-0.25, -0.2) is 4.39 Å². The first-order chi connectivity index (χ1) is 10.2. The summed E-state index contributed by atoms with van der Waals surface area (Å²) in [5, 5.41) is 0. The van der Waals surface area contributed by atoms with Crippen LogP contribution in [0.1, 0.15) is 28.8 Å². The zero-order chi connectivity index (χ0) is 14.7. The molecule has 0 saturated carbocycles. The second kappa shape index (κ2) is 5.78. The molecular weight excluding hydrogens is 267 g/mol. The van der Waals surface area contributed by atoms with Crippen LogP contribution in [0.5, 0.6) is 0 Å². The first-order valence-electron chi connectivity index (χ1n) is 7.18. The maximum Gasteiger partial charge on any atom is 0.202 e. The number of ether oxygens (including phenoxy) is 1. The van der Waals surface area contributed by atoms with Gasteiger partial charge in [-0.3, -0.25) is 4.79 Å². The summed E-state index contributed by atoms with van der Waals surface area (Å²) in [6, 6.07) is 17.8. The molecule has 0 N–H and O–H groups in total. The van der Waals surface area contributed by atoms with Crippen LogP contribution in [0.15, 0.2) is 60.7 Å². The Morgan fingerprint density at radius 3 is 2.29 bits per heavy atom. The lowest BCUT2D eigenvalue weighted by atomic mass is 9.79. The van der Waals surface area contributed by atoms with Crippen molar-refractivity contribution in [1.29, 1.82) is 0 Å².